The van der Waals surface area contributed by atoms with Gasteiger partial charge in [0.2, 0.25) is 17.7 Å². The average molecular weight is 720 g/mol. The van der Waals surface area contributed by atoms with Crippen molar-refractivity contribution in [1.29, 1.82) is 0 Å². The molecule has 0 radical (unpaired) electrons. The van der Waals surface area contributed by atoms with Crippen molar-refractivity contribution < 1.29 is 43.0 Å². The predicted molar refractivity (Wildman–Crippen MR) is 188 cm³/mol. The van der Waals surface area contributed by atoms with Gasteiger partial charge in [-0.25, -0.2) is 4.98 Å². The van der Waals surface area contributed by atoms with Gasteiger partial charge in [0.25, 0.3) is 23.6 Å². The highest BCUT2D eigenvalue weighted by atomic mass is 16.5. The van der Waals surface area contributed by atoms with Crippen LogP contribution >= 0.6 is 0 Å². The lowest BCUT2D eigenvalue weighted by Crippen LogP contribution is -2.54. The van der Waals surface area contributed by atoms with Crippen LogP contribution in [0.4, 0.5) is 0 Å². The molecule has 16 nitrogen and oxygen atoms in total. The molecule has 4 N–H and O–H groups in total. The molecular weight excluding hydrogens is 686 g/mol. The minimum Gasteiger partial charge on any atom is -0.483 e. The Morgan fingerprint density at radius 2 is 1.60 bits per heavy atom. The third-order valence-corrected chi connectivity index (χ3v) is 8.75. The van der Waals surface area contributed by atoms with Gasteiger partial charge in [-0.15, -0.1) is 0 Å². The zero-order valence-electron chi connectivity index (χ0n) is 28.2. The molecule has 0 aliphatic carbocycles. The van der Waals surface area contributed by atoms with Gasteiger partial charge in [0.1, 0.15) is 11.8 Å². The summed E-state index contributed by atoms with van der Waals surface area (Å²) in [5.41, 5.74) is 3.89. The molecule has 16 heteroatoms. The number of pyridine rings is 2. The van der Waals surface area contributed by atoms with E-state index in [4.69, 9.17) is 14.2 Å². The van der Waals surface area contributed by atoms with E-state index in [9.17, 15) is 28.8 Å². The van der Waals surface area contributed by atoms with E-state index in [1.165, 1.54) is 18.2 Å². The van der Waals surface area contributed by atoms with Crippen LogP contribution in [0.15, 0.2) is 73.2 Å². The molecule has 1 unspecified atom stereocenters. The van der Waals surface area contributed by atoms with E-state index >= 15 is 0 Å². The van der Waals surface area contributed by atoms with Gasteiger partial charge >= 0.3 is 0 Å². The first-order valence-electron chi connectivity index (χ1n) is 16.8. The number of hydrogen-bond acceptors (Lipinski definition) is 11. The molecule has 3 aromatic heterocycles. The van der Waals surface area contributed by atoms with Crippen LogP contribution < -0.4 is 25.4 Å². The molecular formula is C37H33N7O9. The number of aromatic nitrogens is 3. The molecule has 2 aromatic carbocycles. The highest BCUT2D eigenvalue weighted by Gasteiger charge is 2.46. The van der Waals surface area contributed by atoms with Crippen molar-refractivity contribution in [3.8, 4) is 22.8 Å². The van der Waals surface area contributed by atoms with E-state index in [1.54, 1.807) is 18.5 Å². The zero-order chi connectivity index (χ0) is 36.9. The van der Waals surface area contributed by atoms with Crippen LogP contribution in [0.2, 0.25) is 0 Å². The number of ether oxygens (including phenoxy) is 3. The van der Waals surface area contributed by atoms with Crippen LogP contribution in [0.5, 0.6) is 11.6 Å². The fourth-order valence-electron chi connectivity index (χ4n) is 6.18. The molecule has 0 spiro atoms. The van der Waals surface area contributed by atoms with Crippen LogP contribution in [0.25, 0.3) is 32.9 Å². The normalized spacial score (nSPS) is 15.4. The van der Waals surface area contributed by atoms with E-state index in [1.807, 2.05) is 30.5 Å². The highest BCUT2D eigenvalue weighted by molar-refractivity contribution is 6.24. The van der Waals surface area contributed by atoms with Gasteiger partial charge in [-0.3, -0.25) is 44.0 Å². The summed E-state index contributed by atoms with van der Waals surface area (Å²) in [5.74, 6) is -3.11. The molecule has 5 aromatic rings. The number of carbonyl (C=O) groups excluding carboxylic acids is 6. The molecule has 270 valence electrons. The summed E-state index contributed by atoms with van der Waals surface area (Å²) in [6.45, 7) is 0.0621. The maximum atomic E-state index is 13.2. The summed E-state index contributed by atoms with van der Waals surface area (Å²) in [6, 6.07) is 14.9. The smallest absolute Gasteiger partial charge is 0.266 e. The van der Waals surface area contributed by atoms with Crippen molar-refractivity contribution in [2.24, 2.45) is 0 Å². The summed E-state index contributed by atoms with van der Waals surface area (Å²) >= 11 is 0. The Labute approximate surface area is 301 Å². The minimum atomic E-state index is -1.11. The monoisotopic (exact) mass is 719 g/mol. The average Bonchev–Trinajstić information content (AvgIpc) is 3.66. The van der Waals surface area contributed by atoms with Crippen LogP contribution in [-0.2, 0) is 23.9 Å². The lowest BCUT2D eigenvalue weighted by atomic mass is 10.0. The Bertz CT molecular complexity index is 2250. The van der Waals surface area contributed by atoms with E-state index in [2.05, 4.69) is 37.0 Å². The number of aromatic amines is 1. The number of H-pyrrole nitrogens is 1. The standard InChI is InChI=1S/C37H33N7O9/c45-30-8-7-28(35(48)43-30)44-36(49)24-2-1-3-29(34(24)37(44)50)52-19-31(46)39-12-14-51-15-13-40-32(47)20-53-33-9-5-22(17-41-33)21-4-6-23-25-18-38-11-10-26(25)42-27(23)16-21/h1-6,9-11,16-18,28,42H,7-8,12-15,19-20H2,(H,39,46)(H,40,47)(H,43,45,48). The third-order valence-electron chi connectivity index (χ3n) is 8.75. The number of imide groups is 2. The first-order chi connectivity index (χ1) is 25.8. The van der Waals surface area contributed by atoms with E-state index in [-0.39, 0.29) is 68.5 Å². The molecule has 2 aliphatic rings. The van der Waals surface area contributed by atoms with Crippen molar-refractivity contribution >= 4 is 57.2 Å². The number of carbonyl (C=O) groups is 6. The Kier molecular flexibility index (Phi) is 10.0. The first kappa shape index (κ1) is 34.8. The highest BCUT2D eigenvalue weighted by Crippen LogP contribution is 2.34. The first-order valence-corrected chi connectivity index (χ1v) is 16.8. The topological polar surface area (TPSA) is 211 Å². The van der Waals surface area contributed by atoms with E-state index in [0.29, 0.717) is 5.88 Å². The summed E-state index contributed by atoms with van der Waals surface area (Å²) in [7, 11) is 0. The molecule has 5 heterocycles. The Balaban J connectivity index is 0.777. The van der Waals surface area contributed by atoms with Crippen molar-refractivity contribution in [3.63, 3.8) is 0 Å². The number of nitrogens with zero attached hydrogens (tertiary/aromatic N) is 3. The minimum absolute atomic E-state index is 0.000108. The fourth-order valence-corrected chi connectivity index (χ4v) is 6.18. The lowest BCUT2D eigenvalue weighted by Gasteiger charge is -2.27. The number of fused-ring (bicyclic) bond motifs is 4. The Hall–Kier alpha value is -6.68. The molecule has 53 heavy (non-hydrogen) atoms. The Morgan fingerprint density at radius 1 is 0.830 bits per heavy atom. The second kappa shape index (κ2) is 15.3. The molecule has 2 aliphatic heterocycles. The molecule has 1 saturated heterocycles. The van der Waals surface area contributed by atoms with Crippen LogP contribution in [-0.4, -0.2) is 101 Å². The second-order valence-electron chi connectivity index (χ2n) is 12.2. The van der Waals surface area contributed by atoms with Gasteiger partial charge in [-0.2, -0.15) is 0 Å². The molecule has 0 bridgehead atoms. The molecule has 7 rings (SSSR count). The zero-order valence-corrected chi connectivity index (χ0v) is 28.2. The number of rotatable bonds is 14. The fraction of sp³-hybridized carbons (Fsp3) is 0.243. The SMILES string of the molecule is O=C(COc1ccc(-c2ccc3c(c2)[nH]c2ccncc23)cn1)NCCOCCNC(=O)COc1cccc2c1C(=O)N(C1CCC(=O)NC1=O)C2=O. The lowest BCUT2D eigenvalue weighted by molar-refractivity contribution is -0.136. The number of nitrogens with one attached hydrogen (secondary N) is 4. The largest absolute Gasteiger partial charge is 0.483 e. The van der Waals surface area contributed by atoms with Crippen molar-refractivity contribution in [3.05, 3.63) is 84.3 Å². The van der Waals surface area contributed by atoms with Gasteiger partial charge < -0.3 is 29.8 Å². The van der Waals surface area contributed by atoms with Crippen LogP contribution in [0.1, 0.15) is 33.6 Å². The predicted octanol–water partition coefficient (Wildman–Crippen LogP) is 1.89. The molecule has 0 saturated carbocycles. The number of hydrogen-bond donors (Lipinski definition) is 4. The maximum absolute atomic E-state index is 13.2. The van der Waals surface area contributed by atoms with Gasteiger partial charge in [0, 0.05) is 71.5 Å². The maximum Gasteiger partial charge on any atom is 0.266 e. The van der Waals surface area contributed by atoms with Gasteiger partial charge in [0.15, 0.2) is 13.2 Å². The third kappa shape index (κ3) is 7.52. The van der Waals surface area contributed by atoms with E-state index < -0.39 is 42.2 Å². The number of amides is 6. The van der Waals surface area contributed by atoms with Gasteiger partial charge in [-0.1, -0.05) is 18.2 Å². The number of piperidine rings is 1. The van der Waals surface area contributed by atoms with Crippen LogP contribution in [0, 0.1) is 0 Å². The summed E-state index contributed by atoms with van der Waals surface area (Å²) in [5, 5.41) is 9.61. The van der Waals surface area contributed by atoms with Crippen molar-refractivity contribution in [1.82, 2.24) is 35.8 Å². The number of benzene rings is 2. The summed E-state index contributed by atoms with van der Waals surface area (Å²) in [6.07, 6.45) is 5.30. The Morgan fingerprint density at radius 3 is 2.36 bits per heavy atom. The quantitative estimate of drug-likeness (QED) is 0.0962. The van der Waals surface area contributed by atoms with Crippen LogP contribution in [0.3, 0.4) is 0 Å². The van der Waals surface area contributed by atoms with Crippen molar-refractivity contribution in [2.75, 3.05) is 39.5 Å². The van der Waals surface area contributed by atoms with E-state index in [0.717, 1.165) is 37.8 Å². The molecule has 1 atom stereocenters. The van der Waals surface area contributed by atoms with Gasteiger partial charge in [0.05, 0.1) is 24.3 Å². The van der Waals surface area contributed by atoms with Gasteiger partial charge in [-0.05, 0) is 42.3 Å². The summed E-state index contributed by atoms with van der Waals surface area (Å²) < 4.78 is 16.5. The summed E-state index contributed by atoms with van der Waals surface area (Å²) in [4.78, 5) is 87.3. The second-order valence-corrected chi connectivity index (χ2v) is 12.2. The van der Waals surface area contributed by atoms with Crippen molar-refractivity contribution in [2.45, 2.75) is 18.9 Å². The molecule has 6 amide bonds. The molecule has 1 fully saturated rings.